The van der Waals surface area contributed by atoms with Crippen LogP contribution in [-0.2, 0) is 0 Å². The molecule has 22 heavy (non-hydrogen) atoms. The number of carbonyl (C=O) groups is 1. The highest BCUT2D eigenvalue weighted by Crippen LogP contribution is 2.20. The maximum absolute atomic E-state index is 12.1. The van der Waals surface area contributed by atoms with Crippen LogP contribution in [0.25, 0.3) is 11.3 Å². The molecule has 2 aromatic heterocycles. The number of benzene rings is 1. The third-order valence-corrected chi connectivity index (χ3v) is 3.16. The zero-order valence-corrected chi connectivity index (χ0v) is 12.2. The number of hydrogen-bond acceptors (Lipinski definition) is 4. The monoisotopic (exact) mass is 310 g/mol. The largest absolute Gasteiger partial charge is 0.322 e. The summed E-state index contributed by atoms with van der Waals surface area (Å²) in [6.07, 6.45) is 4.49. The molecule has 0 aliphatic rings. The fourth-order valence-corrected chi connectivity index (χ4v) is 2.02. The van der Waals surface area contributed by atoms with Crippen molar-refractivity contribution in [1.29, 1.82) is 0 Å². The van der Waals surface area contributed by atoms with Gasteiger partial charge in [-0.25, -0.2) is 9.97 Å². The van der Waals surface area contributed by atoms with Crippen molar-refractivity contribution >= 4 is 23.2 Å². The molecule has 3 rings (SSSR count). The Morgan fingerprint density at radius 3 is 2.55 bits per heavy atom. The van der Waals surface area contributed by atoms with E-state index in [0.717, 1.165) is 11.3 Å². The van der Waals surface area contributed by atoms with Crippen molar-refractivity contribution in [2.24, 2.45) is 0 Å². The molecule has 5 nitrogen and oxygen atoms in total. The number of nitrogens with one attached hydrogen (secondary N) is 1. The van der Waals surface area contributed by atoms with E-state index < -0.39 is 0 Å². The predicted octanol–water partition coefficient (Wildman–Crippen LogP) is 3.44. The first-order valence-electron chi connectivity index (χ1n) is 6.53. The standard InChI is InChI=1S/C16H11ClN4O/c17-16-19-9-12(10-20-16)15(22)21-13-5-3-4-11(8-13)14-6-1-2-7-18-14/h1-10H,(H,21,22). The summed E-state index contributed by atoms with van der Waals surface area (Å²) in [5, 5.41) is 2.90. The summed E-state index contributed by atoms with van der Waals surface area (Å²) in [5.41, 5.74) is 2.77. The molecule has 0 fully saturated rings. The van der Waals surface area contributed by atoms with Crippen LogP contribution in [0.3, 0.4) is 0 Å². The third kappa shape index (κ3) is 3.27. The summed E-state index contributed by atoms with van der Waals surface area (Å²) in [7, 11) is 0. The second-order valence-electron chi connectivity index (χ2n) is 4.49. The highest BCUT2D eigenvalue weighted by atomic mass is 35.5. The Hall–Kier alpha value is -2.79. The maximum Gasteiger partial charge on any atom is 0.258 e. The van der Waals surface area contributed by atoms with Gasteiger partial charge in [0.15, 0.2) is 0 Å². The average Bonchev–Trinajstić information content (AvgIpc) is 2.56. The number of nitrogens with zero attached hydrogens (tertiary/aromatic N) is 3. The molecule has 0 saturated heterocycles. The van der Waals surface area contributed by atoms with Gasteiger partial charge in [0.1, 0.15) is 0 Å². The van der Waals surface area contributed by atoms with Crippen LogP contribution in [-0.4, -0.2) is 20.9 Å². The van der Waals surface area contributed by atoms with E-state index in [4.69, 9.17) is 11.6 Å². The lowest BCUT2D eigenvalue weighted by Gasteiger charge is -2.07. The van der Waals surface area contributed by atoms with E-state index in [2.05, 4.69) is 20.3 Å². The van der Waals surface area contributed by atoms with E-state index in [9.17, 15) is 4.79 Å². The number of pyridine rings is 1. The van der Waals surface area contributed by atoms with E-state index in [1.54, 1.807) is 12.3 Å². The van der Waals surface area contributed by atoms with Gasteiger partial charge in [0, 0.05) is 29.8 Å². The molecule has 108 valence electrons. The number of halogens is 1. The molecule has 0 unspecified atom stereocenters. The summed E-state index contributed by atoms with van der Waals surface area (Å²) >= 11 is 5.60. The summed E-state index contributed by atoms with van der Waals surface area (Å²) in [6, 6.07) is 13.1. The molecule has 1 amide bonds. The Labute approximate surface area is 132 Å². The van der Waals surface area contributed by atoms with Gasteiger partial charge >= 0.3 is 0 Å². The number of hydrogen-bond donors (Lipinski definition) is 1. The van der Waals surface area contributed by atoms with Crippen molar-refractivity contribution in [2.45, 2.75) is 0 Å². The fourth-order valence-electron chi connectivity index (χ4n) is 1.92. The van der Waals surface area contributed by atoms with Crippen molar-refractivity contribution in [1.82, 2.24) is 15.0 Å². The quantitative estimate of drug-likeness (QED) is 0.752. The first kappa shape index (κ1) is 14.2. The minimum Gasteiger partial charge on any atom is -0.322 e. The Kier molecular flexibility index (Phi) is 4.07. The molecule has 1 N–H and O–H groups in total. The van der Waals surface area contributed by atoms with Gasteiger partial charge < -0.3 is 5.32 Å². The van der Waals surface area contributed by atoms with Gasteiger partial charge in [0.25, 0.3) is 5.91 Å². The van der Waals surface area contributed by atoms with Gasteiger partial charge in [-0.3, -0.25) is 9.78 Å². The van der Waals surface area contributed by atoms with Crippen molar-refractivity contribution < 1.29 is 4.79 Å². The summed E-state index contributed by atoms with van der Waals surface area (Å²) in [4.78, 5) is 24.0. The van der Waals surface area contributed by atoms with E-state index >= 15 is 0 Å². The molecule has 0 aliphatic heterocycles. The Balaban J connectivity index is 1.81. The third-order valence-electron chi connectivity index (χ3n) is 2.96. The smallest absolute Gasteiger partial charge is 0.258 e. The summed E-state index contributed by atoms with van der Waals surface area (Å²) < 4.78 is 0. The van der Waals surface area contributed by atoms with Crippen molar-refractivity contribution in [3.63, 3.8) is 0 Å². The van der Waals surface area contributed by atoms with Crippen LogP contribution in [0.1, 0.15) is 10.4 Å². The minimum atomic E-state index is -0.296. The van der Waals surface area contributed by atoms with Crippen LogP contribution in [0.4, 0.5) is 5.69 Å². The number of anilines is 1. The zero-order chi connectivity index (χ0) is 15.4. The lowest BCUT2D eigenvalue weighted by molar-refractivity contribution is 0.102. The molecule has 0 radical (unpaired) electrons. The van der Waals surface area contributed by atoms with Crippen LogP contribution in [0.2, 0.25) is 5.28 Å². The number of carbonyl (C=O) groups excluding carboxylic acids is 1. The van der Waals surface area contributed by atoms with Gasteiger partial charge in [-0.1, -0.05) is 18.2 Å². The molecular weight excluding hydrogens is 300 g/mol. The number of rotatable bonds is 3. The normalized spacial score (nSPS) is 10.2. The van der Waals surface area contributed by atoms with E-state index in [0.29, 0.717) is 11.3 Å². The summed E-state index contributed by atoms with van der Waals surface area (Å²) in [6.45, 7) is 0. The Morgan fingerprint density at radius 2 is 1.82 bits per heavy atom. The molecule has 0 bridgehead atoms. The topological polar surface area (TPSA) is 67.8 Å². The minimum absolute atomic E-state index is 0.105. The van der Waals surface area contributed by atoms with Crippen molar-refractivity contribution in [3.8, 4) is 11.3 Å². The van der Waals surface area contributed by atoms with Gasteiger partial charge in [-0.2, -0.15) is 0 Å². The van der Waals surface area contributed by atoms with Gasteiger partial charge in [0.2, 0.25) is 5.28 Å². The van der Waals surface area contributed by atoms with Crippen molar-refractivity contribution in [2.75, 3.05) is 5.32 Å². The fraction of sp³-hybridized carbons (Fsp3) is 0. The zero-order valence-electron chi connectivity index (χ0n) is 11.4. The molecule has 6 heteroatoms. The molecular formula is C16H11ClN4O. The molecule has 3 aromatic rings. The maximum atomic E-state index is 12.1. The molecule has 0 saturated carbocycles. The summed E-state index contributed by atoms with van der Waals surface area (Å²) in [5.74, 6) is -0.296. The van der Waals surface area contributed by atoms with Crippen LogP contribution >= 0.6 is 11.6 Å². The molecule has 0 atom stereocenters. The second kappa shape index (κ2) is 6.32. The predicted molar refractivity (Wildman–Crippen MR) is 84.7 cm³/mol. The molecule has 0 aliphatic carbocycles. The SMILES string of the molecule is O=C(Nc1cccc(-c2ccccn2)c1)c1cnc(Cl)nc1. The Bertz CT molecular complexity index is 791. The molecule has 0 spiro atoms. The van der Waals surface area contributed by atoms with Gasteiger partial charge in [0.05, 0.1) is 11.3 Å². The van der Waals surface area contributed by atoms with Crippen LogP contribution in [0.15, 0.2) is 61.1 Å². The van der Waals surface area contributed by atoms with Crippen LogP contribution < -0.4 is 5.32 Å². The van der Waals surface area contributed by atoms with Crippen molar-refractivity contribution in [3.05, 3.63) is 71.9 Å². The van der Waals surface area contributed by atoms with Crippen LogP contribution in [0, 0.1) is 0 Å². The highest BCUT2D eigenvalue weighted by Gasteiger charge is 2.08. The number of aromatic nitrogens is 3. The first-order chi connectivity index (χ1) is 10.7. The first-order valence-corrected chi connectivity index (χ1v) is 6.90. The molecule has 1 aromatic carbocycles. The van der Waals surface area contributed by atoms with Gasteiger partial charge in [-0.15, -0.1) is 0 Å². The van der Waals surface area contributed by atoms with E-state index in [1.165, 1.54) is 12.4 Å². The van der Waals surface area contributed by atoms with Crippen LogP contribution in [0.5, 0.6) is 0 Å². The lowest BCUT2D eigenvalue weighted by Crippen LogP contribution is -2.12. The lowest BCUT2D eigenvalue weighted by atomic mass is 10.1. The average molecular weight is 311 g/mol. The Morgan fingerprint density at radius 1 is 1.00 bits per heavy atom. The van der Waals surface area contributed by atoms with E-state index in [-0.39, 0.29) is 11.2 Å². The van der Waals surface area contributed by atoms with Gasteiger partial charge in [-0.05, 0) is 35.9 Å². The second-order valence-corrected chi connectivity index (χ2v) is 4.83. The van der Waals surface area contributed by atoms with E-state index in [1.807, 2.05) is 36.4 Å². The number of amides is 1. The highest BCUT2D eigenvalue weighted by molar-refractivity contribution is 6.28. The molecule has 2 heterocycles.